The van der Waals surface area contributed by atoms with Crippen molar-refractivity contribution in [2.75, 3.05) is 11.5 Å². The summed E-state index contributed by atoms with van der Waals surface area (Å²) in [5.74, 6) is -0.234. The zero-order chi connectivity index (χ0) is 17.8. The Balaban J connectivity index is 2.17. The number of rotatable bonds is 1. The molecule has 9 heteroatoms. The number of nitriles is 1. The summed E-state index contributed by atoms with van der Waals surface area (Å²) < 4.78 is 26.2. The fourth-order valence-electron chi connectivity index (χ4n) is 3.23. The monoisotopic (exact) mass is 356 g/mol. The number of sulfone groups is 1. The van der Waals surface area contributed by atoms with Crippen molar-refractivity contribution < 1.29 is 8.42 Å². The van der Waals surface area contributed by atoms with Crippen LogP contribution in [0.2, 0.25) is 0 Å². The lowest BCUT2D eigenvalue weighted by atomic mass is 10.2. The highest BCUT2D eigenvalue weighted by atomic mass is 32.2. The maximum atomic E-state index is 12.7. The highest BCUT2D eigenvalue weighted by Crippen LogP contribution is 2.25. The Morgan fingerprint density at radius 2 is 2.04 bits per heavy atom. The molecular formula is C16H12N4O4S. The summed E-state index contributed by atoms with van der Waals surface area (Å²) in [4.78, 5) is 29.8. The van der Waals surface area contributed by atoms with Crippen LogP contribution in [0.3, 0.4) is 0 Å². The van der Waals surface area contributed by atoms with Gasteiger partial charge in [-0.25, -0.2) is 13.4 Å². The molecule has 0 bridgehead atoms. The van der Waals surface area contributed by atoms with Crippen molar-refractivity contribution in [3.8, 4) is 6.07 Å². The van der Waals surface area contributed by atoms with Gasteiger partial charge in [0.25, 0.3) is 11.1 Å². The third-order valence-corrected chi connectivity index (χ3v) is 6.16. The minimum absolute atomic E-state index is 0.0328. The summed E-state index contributed by atoms with van der Waals surface area (Å²) >= 11 is 0. The van der Waals surface area contributed by atoms with E-state index in [1.807, 2.05) is 0 Å². The zero-order valence-corrected chi connectivity index (χ0v) is 13.7. The van der Waals surface area contributed by atoms with Gasteiger partial charge in [0.15, 0.2) is 15.5 Å². The molecule has 3 aromatic heterocycles. The molecule has 0 aliphatic carbocycles. The number of fused-ring (bicyclic) bond motifs is 2. The van der Waals surface area contributed by atoms with E-state index >= 15 is 0 Å². The molecule has 0 N–H and O–H groups in total. The minimum Gasteiger partial charge on any atom is -0.287 e. The molecule has 8 nitrogen and oxygen atoms in total. The van der Waals surface area contributed by atoms with Gasteiger partial charge in [-0.05, 0) is 24.6 Å². The predicted octanol–water partition coefficient (Wildman–Crippen LogP) is 0.241. The third-order valence-electron chi connectivity index (χ3n) is 4.41. The fraction of sp³-hybridized carbons (Fsp3) is 0.250. The van der Waals surface area contributed by atoms with Gasteiger partial charge in [0.1, 0.15) is 17.3 Å². The fourth-order valence-corrected chi connectivity index (χ4v) is 4.93. The normalized spacial score (nSPS) is 19.2. The quantitative estimate of drug-likeness (QED) is 0.577. The molecule has 1 aliphatic heterocycles. The maximum Gasteiger partial charge on any atom is 0.270 e. The van der Waals surface area contributed by atoms with Crippen molar-refractivity contribution in [1.82, 2.24) is 14.0 Å². The van der Waals surface area contributed by atoms with E-state index in [1.54, 1.807) is 30.5 Å². The van der Waals surface area contributed by atoms with E-state index < -0.39 is 27.0 Å². The first-order valence-electron chi connectivity index (χ1n) is 7.58. The Morgan fingerprint density at radius 1 is 1.24 bits per heavy atom. The molecule has 1 fully saturated rings. The van der Waals surface area contributed by atoms with Crippen LogP contribution < -0.4 is 11.1 Å². The first kappa shape index (κ1) is 15.5. The number of hydrogen-bond acceptors (Lipinski definition) is 6. The molecule has 0 aromatic carbocycles. The van der Waals surface area contributed by atoms with Crippen LogP contribution in [-0.4, -0.2) is 33.9 Å². The van der Waals surface area contributed by atoms with Crippen molar-refractivity contribution in [3.05, 3.63) is 56.7 Å². The number of nitrogens with zero attached hydrogens (tertiary/aromatic N) is 4. The summed E-state index contributed by atoms with van der Waals surface area (Å²) in [6, 6.07) is 7.39. The van der Waals surface area contributed by atoms with Gasteiger partial charge in [0.05, 0.1) is 22.9 Å². The van der Waals surface area contributed by atoms with Crippen molar-refractivity contribution in [2.45, 2.75) is 12.5 Å². The standard InChI is InChI=1S/C16H12N4O4S/c17-8-10-7-12-14(18-13-3-1-2-5-19(13)16(12)22)20(15(10)21)11-4-6-25(23,24)9-11/h1-3,5,7,11H,4,6,9H2. The largest absolute Gasteiger partial charge is 0.287 e. The van der Waals surface area contributed by atoms with Crippen LogP contribution in [0.4, 0.5) is 0 Å². The Hall–Kier alpha value is -2.99. The molecule has 0 saturated carbocycles. The Kier molecular flexibility index (Phi) is 3.27. The molecule has 0 spiro atoms. The van der Waals surface area contributed by atoms with E-state index in [4.69, 9.17) is 0 Å². The molecule has 126 valence electrons. The van der Waals surface area contributed by atoms with Gasteiger partial charge < -0.3 is 0 Å². The summed E-state index contributed by atoms with van der Waals surface area (Å²) in [5, 5.41) is 9.36. The van der Waals surface area contributed by atoms with Crippen LogP contribution in [0, 0.1) is 11.3 Å². The van der Waals surface area contributed by atoms with E-state index in [0.717, 1.165) is 0 Å². The second-order valence-electron chi connectivity index (χ2n) is 5.98. The highest BCUT2D eigenvalue weighted by molar-refractivity contribution is 7.91. The summed E-state index contributed by atoms with van der Waals surface area (Å²) in [5.41, 5.74) is -0.774. The van der Waals surface area contributed by atoms with Gasteiger partial charge >= 0.3 is 0 Å². The number of aromatic nitrogens is 3. The molecule has 1 saturated heterocycles. The Labute approximate surface area is 141 Å². The summed E-state index contributed by atoms with van der Waals surface area (Å²) in [6.07, 6.45) is 1.80. The van der Waals surface area contributed by atoms with Crippen LogP contribution in [0.5, 0.6) is 0 Å². The molecule has 3 aromatic rings. The van der Waals surface area contributed by atoms with E-state index in [1.165, 1.54) is 15.0 Å². The van der Waals surface area contributed by atoms with Crippen LogP contribution in [0.25, 0.3) is 16.7 Å². The predicted molar refractivity (Wildman–Crippen MR) is 90.3 cm³/mol. The molecule has 0 radical (unpaired) electrons. The summed E-state index contributed by atoms with van der Waals surface area (Å²) in [6.45, 7) is 0. The van der Waals surface area contributed by atoms with Crippen LogP contribution >= 0.6 is 0 Å². The van der Waals surface area contributed by atoms with Crippen LogP contribution in [0.1, 0.15) is 18.0 Å². The number of pyridine rings is 2. The lowest BCUT2D eigenvalue weighted by molar-refractivity contribution is 0.551. The second kappa shape index (κ2) is 5.26. The lowest BCUT2D eigenvalue weighted by Gasteiger charge is -2.16. The topological polar surface area (TPSA) is 114 Å². The van der Waals surface area contributed by atoms with E-state index in [0.29, 0.717) is 5.65 Å². The molecule has 4 rings (SSSR count). The molecule has 1 aliphatic rings. The van der Waals surface area contributed by atoms with Gasteiger partial charge in [0.2, 0.25) is 0 Å². The highest BCUT2D eigenvalue weighted by Gasteiger charge is 2.32. The van der Waals surface area contributed by atoms with Crippen molar-refractivity contribution in [2.24, 2.45) is 0 Å². The first-order chi connectivity index (χ1) is 11.9. The SMILES string of the molecule is N#Cc1cc2c(=O)n3ccccc3nc2n(C2CCS(=O)(=O)C2)c1=O. The van der Waals surface area contributed by atoms with Gasteiger partial charge in [-0.2, -0.15) is 5.26 Å². The van der Waals surface area contributed by atoms with Gasteiger partial charge in [-0.1, -0.05) is 6.07 Å². The lowest BCUT2D eigenvalue weighted by Crippen LogP contribution is -2.30. The van der Waals surface area contributed by atoms with E-state index in [2.05, 4.69) is 4.98 Å². The minimum atomic E-state index is -3.25. The molecule has 25 heavy (non-hydrogen) atoms. The molecule has 4 heterocycles. The van der Waals surface area contributed by atoms with Crippen LogP contribution in [-0.2, 0) is 9.84 Å². The third kappa shape index (κ3) is 2.34. The van der Waals surface area contributed by atoms with Gasteiger partial charge in [-0.3, -0.25) is 18.6 Å². The van der Waals surface area contributed by atoms with E-state index in [9.17, 15) is 23.3 Å². The average molecular weight is 356 g/mol. The number of hydrogen-bond donors (Lipinski definition) is 0. The smallest absolute Gasteiger partial charge is 0.270 e. The Bertz CT molecular complexity index is 1300. The molecule has 1 unspecified atom stereocenters. The molecule has 0 amide bonds. The Morgan fingerprint density at radius 3 is 2.72 bits per heavy atom. The first-order valence-corrected chi connectivity index (χ1v) is 9.40. The average Bonchev–Trinajstić information content (AvgIpc) is 2.94. The van der Waals surface area contributed by atoms with Crippen molar-refractivity contribution in [3.63, 3.8) is 0 Å². The van der Waals surface area contributed by atoms with Gasteiger partial charge in [0, 0.05) is 6.20 Å². The second-order valence-corrected chi connectivity index (χ2v) is 8.21. The summed E-state index contributed by atoms with van der Waals surface area (Å²) in [7, 11) is -3.25. The molecule has 1 atom stereocenters. The zero-order valence-electron chi connectivity index (χ0n) is 12.9. The van der Waals surface area contributed by atoms with Crippen LogP contribution in [0.15, 0.2) is 40.1 Å². The maximum absolute atomic E-state index is 12.7. The van der Waals surface area contributed by atoms with Crippen molar-refractivity contribution >= 4 is 26.5 Å². The van der Waals surface area contributed by atoms with Gasteiger partial charge in [-0.15, -0.1) is 0 Å². The van der Waals surface area contributed by atoms with E-state index in [-0.39, 0.29) is 34.5 Å². The van der Waals surface area contributed by atoms with Crippen molar-refractivity contribution in [1.29, 1.82) is 5.26 Å². The molecular weight excluding hydrogens is 344 g/mol.